The van der Waals surface area contributed by atoms with Gasteiger partial charge in [0.15, 0.2) is 0 Å². The third-order valence-corrected chi connectivity index (χ3v) is 5.42. The van der Waals surface area contributed by atoms with E-state index in [1.165, 1.54) is 36.9 Å². The molecule has 0 saturated heterocycles. The Morgan fingerprint density at radius 2 is 1.80 bits per heavy atom. The summed E-state index contributed by atoms with van der Waals surface area (Å²) in [4.78, 5) is 0. The van der Waals surface area contributed by atoms with Crippen LogP contribution in [0.15, 0.2) is 12.3 Å². The first kappa shape index (κ1) is 14.2. The number of rotatable bonds is 1. The fourth-order valence-corrected chi connectivity index (χ4v) is 4.73. The van der Waals surface area contributed by atoms with E-state index >= 15 is 0 Å². The predicted molar refractivity (Wildman–Crippen MR) is 84.7 cm³/mol. The highest BCUT2D eigenvalue weighted by Gasteiger charge is 2.34. The van der Waals surface area contributed by atoms with E-state index < -0.39 is 0 Å². The molecule has 3 rings (SSSR count). The Kier molecular flexibility index (Phi) is 3.48. The highest BCUT2D eigenvalue weighted by molar-refractivity contribution is 5.30. The fraction of sp³-hybridized carbons (Fsp3) is 0.778. The van der Waals surface area contributed by atoms with Gasteiger partial charge in [0.1, 0.15) is 0 Å². The lowest BCUT2D eigenvalue weighted by atomic mass is 9.74. The average Bonchev–Trinajstić information content (AvgIpc) is 2.69. The zero-order valence-electron chi connectivity index (χ0n) is 13.5. The normalized spacial score (nSPS) is 36.6. The summed E-state index contributed by atoms with van der Waals surface area (Å²) in [7, 11) is 0. The Morgan fingerprint density at radius 3 is 2.45 bits per heavy atom. The second kappa shape index (κ2) is 4.91. The van der Waals surface area contributed by atoms with E-state index in [0.29, 0.717) is 11.5 Å². The van der Waals surface area contributed by atoms with Gasteiger partial charge >= 0.3 is 0 Å². The van der Waals surface area contributed by atoms with Gasteiger partial charge in [-0.15, -0.1) is 0 Å². The van der Waals surface area contributed by atoms with Crippen LogP contribution in [0.5, 0.6) is 0 Å². The van der Waals surface area contributed by atoms with Gasteiger partial charge in [0.2, 0.25) is 0 Å². The molecule has 1 heterocycles. The molecule has 20 heavy (non-hydrogen) atoms. The molecule has 0 spiro atoms. The van der Waals surface area contributed by atoms with Crippen LogP contribution in [-0.2, 0) is 6.42 Å². The second-order valence-corrected chi connectivity index (χ2v) is 8.35. The molecular formula is C18H30N2. The summed E-state index contributed by atoms with van der Waals surface area (Å²) < 4.78 is 2.59. The van der Waals surface area contributed by atoms with E-state index in [9.17, 15) is 0 Å². The summed E-state index contributed by atoms with van der Waals surface area (Å²) in [5, 5.41) is 0. The minimum atomic E-state index is 0.230. The number of hydrogen-bond acceptors (Lipinski definition) is 1. The number of hydrogen-bond donors (Lipinski definition) is 1. The van der Waals surface area contributed by atoms with E-state index in [4.69, 9.17) is 5.73 Å². The van der Waals surface area contributed by atoms with Gasteiger partial charge in [0.05, 0.1) is 0 Å². The van der Waals surface area contributed by atoms with Crippen molar-refractivity contribution in [3.8, 4) is 0 Å². The third-order valence-electron chi connectivity index (χ3n) is 5.42. The molecule has 2 N–H and O–H groups in total. The van der Waals surface area contributed by atoms with E-state index in [0.717, 1.165) is 18.3 Å². The quantitative estimate of drug-likeness (QED) is 0.805. The van der Waals surface area contributed by atoms with Crippen LogP contribution in [0.1, 0.15) is 76.7 Å². The SMILES string of the molecule is CC1CC(C)CC(n2ccc3c2CC(C)(C)CC3N)C1. The van der Waals surface area contributed by atoms with Crippen LogP contribution in [0.3, 0.4) is 0 Å². The third kappa shape index (κ3) is 2.55. The van der Waals surface area contributed by atoms with Crippen molar-refractivity contribution in [3.63, 3.8) is 0 Å². The van der Waals surface area contributed by atoms with E-state index in [1.807, 2.05) is 0 Å². The van der Waals surface area contributed by atoms with Gasteiger partial charge < -0.3 is 10.3 Å². The van der Waals surface area contributed by atoms with Gasteiger partial charge in [-0.05, 0) is 61.0 Å². The van der Waals surface area contributed by atoms with Crippen molar-refractivity contribution in [3.05, 3.63) is 23.5 Å². The first-order valence-corrected chi connectivity index (χ1v) is 8.31. The van der Waals surface area contributed by atoms with Gasteiger partial charge in [-0.2, -0.15) is 0 Å². The largest absolute Gasteiger partial charge is 0.348 e. The van der Waals surface area contributed by atoms with Gasteiger partial charge in [0, 0.05) is 24.0 Å². The number of nitrogens with zero attached hydrogens (tertiary/aromatic N) is 1. The predicted octanol–water partition coefficient (Wildman–Crippen LogP) is 4.46. The monoisotopic (exact) mass is 274 g/mol. The molecule has 0 aliphatic heterocycles. The van der Waals surface area contributed by atoms with E-state index in [2.05, 4.69) is 44.5 Å². The Bertz CT molecular complexity index is 476. The molecule has 0 amide bonds. The highest BCUT2D eigenvalue weighted by atomic mass is 15.0. The van der Waals surface area contributed by atoms with Gasteiger partial charge in [-0.25, -0.2) is 0 Å². The Morgan fingerprint density at radius 1 is 1.15 bits per heavy atom. The summed E-state index contributed by atoms with van der Waals surface area (Å²) in [5.74, 6) is 1.71. The lowest BCUT2D eigenvalue weighted by Crippen LogP contribution is -2.32. The molecule has 1 aromatic heterocycles. The van der Waals surface area contributed by atoms with Gasteiger partial charge in [-0.1, -0.05) is 27.7 Å². The van der Waals surface area contributed by atoms with Crippen LogP contribution in [0.25, 0.3) is 0 Å². The van der Waals surface area contributed by atoms with Gasteiger partial charge in [0.25, 0.3) is 0 Å². The van der Waals surface area contributed by atoms with Crippen LogP contribution in [0.4, 0.5) is 0 Å². The summed E-state index contributed by atoms with van der Waals surface area (Å²) in [5.41, 5.74) is 9.69. The van der Waals surface area contributed by atoms with Crippen molar-refractivity contribution in [1.82, 2.24) is 4.57 Å². The summed E-state index contributed by atoms with van der Waals surface area (Å²) in [6.07, 6.45) is 8.68. The molecule has 0 bridgehead atoms. The molecule has 2 heteroatoms. The number of nitrogens with two attached hydrogens (primary N) is 1. The van der Waals surface area contributed by atoms with Crippen LogP contribution in [0, 0.1) is 17.3 Å². The Balaban J connectivity index is 1.92. The molecule has 0 aromatic carbocycles. The van der Waals surface area contributed by atoms with Crippen LogP contribution >= 0.6 is 0 Å². The highest BCUT2D eigenvalue weighted by Crippen LogP contribution is 2.43. The Hall–Kier alpha value is -0.760. The Labute approximate surface area is 123 Å². The number of aromatic nitrogens is 1. The van der Waals surface area contributed by atoms with Crippen LogP contribution in [0.2, 0.25) is 0 Å². The minimum Gasteiger partial charge on any atom is -0.348 e. The molecule has 1 saturated carbocycles. The molecule has 1 aromatic rings. The zero-order chi connectivity index (χ0) is 14.5. The van der Waals surface area contributed by atoms with Crippen molar-refractivity contribution in [2.45, 2.75) is 71.9 Å². The summed E-state index contributed by atoms with van der Waals surface area (Å²) in [6, 6.07) is 3.21. The standard InChI is InChI=1S/C18H30N2/c1-12-7-13(2)9-14(8-12)20-6-5-15-16(19)10-18(3,4)11-17(15)20/h5-6,12-14,16H,7-11,19H2,1-4H3. The molecule has 0 radical (unpaired) electrons. The van der Waals surface area contributed by atoms with E-state index in [1.54, 1.807) is 0 Å². The molecule has 112 valence electrons. The zero-order valence-corrected chi connectivity index (χ0v) is 13.5. The smallest absolute Gasteiger partial charge is 0.0338 e. The van der Waals surface area contributed by atoms with Crippen molar-refractivity contribution in [2.24, 2.45) is 23.0 Å². The van der Waals surface area contributed by atoms with Crippen molar-refractivity contribution >= 4 is 0 Å². The maximum Gasteiger partial charge on any atom is 0.0338 e. The van der Waals surface area contributed by atoms with Crippen molar-refractivity contribution in [2.75, 3.05) is 0 Å². The van der Waals surface area contributed by atoms with Crippen molar-refractivity contribution in [1.29, 1.82) is 0 Å². The molecule has 2 nitrogen and oxygen atoms in total. The van der Waals surface area contributed by atoms with Gasteiger partial charge in [-0.3, -0.25) is 0 Å². The maximum absolute atomic E-state index is 6.41. The summed E-state index contributed by atoms with van der Waals surface area (Å²) in [6.45, 7) is 9.54. The van der Waals surface area contributed by atoms with Crippen molar-refractivity contribution < 1.29 is 0 Å². The second-order valence-electron chi connectivity index (χ2n) is 8.35. The number of fused-ring (bicyclic) bond motifs is 1. The van der Waals surface area contributed by atoms with Crippen LogP contribution < -0.4 is 5.73 Å². The fourth-order valence-electron chi connectivity index (χ4n) is 4.73. The molecule has 2 aliphatic carbocycles. The molecular weight excluding hydrogens is 244 g/mol. The molecule has 2 aliphatic rings. The first-order chi connectivity index (χ1) is 9.35. The maximum atomic E-state index is 6.41. The topological polar surface area (TPSA) is 30.9 Å². The molecule has 1 fully saturated rings. The lowest BCUT2D eigenvalue weighted by Gasteiger charge is -2.38. The summed E-state index contributed by atoms with van der Waals surface area (Å²) >= 11 is 0. The minimum absolute atomic E-state index is 0.230. The molecule has 3 atom stereocenters. The molecule has 3 unspecified atom stereocenters. The lowest BCUT2D eigenvalue weighted by molar-refractivity contribution is 0.209. The van der Waals surface area contributed by atoms with E-state index in [-0.39, 0.29) is 6.04 Å². The first-order valence-electron chi connectivity index (χ1n) is 8.31. The average molecular weight is 274 g/mol. The van der Waals surface area contributed by atoms with Crippen LogP contribution in [-0.4, -0.2) is 4.57 Å².